The van der Waals surface area contributed by atoms with Crippen LogP contribution in [-0.4, -0.2) is 23.0 Å². The fraction of sp³-hybridized carbons (Fsp3) is 0.158. The van der Waals surface area contributed by atoms with E-state index in [1.807, 2.05) is 0 Å². The zero-order valence-corrected chi connectivity index (χ0v) is 17.0. The van der Waals surface area contributed by atoms with Gasteiger partial charge in [0.25, 0.3) is 0 Å². The molecule has 2 atom stereocenters. The maximum Gasteiger partial charge on any atom is 0.328 e. The molecule has 2 saturated heterocycles. The molecular weight excluding hydrogens is 435 g/mol. The molecule has 7 nitrogen and oxygen atoms in total. The Labute approximate surface area is 181 Å². The third-order valence-corrected chi connectivity index (χ3v) is 5.74. The van der Waals surface area contributed by atoms with E-state index in [1.54, 1.807) is 48.5 Å². The van der Waals surface area contributed by atoms with Crippen molar-refractivity contribution in [2.45, 2.75) is 12.1 Å². The molecule has 0 radical (unpaired) electrons. The fourth-order valence-electron chi connectivity index (χ4n) is 3.83. The van der Waals surface area contributed by atoms with Crippen molar-refractivity contribution in [3.8, 4) is 0 Å². The number of halogens is 2. The van der Waals surface area contributed by atoms with Gasteiger partial charge in [-0.15, -0.1) is 0 Å². The first-order valence-electron chi connectivity index (χ1n) is 8.57. The second-order valence-corrected chi connectivity index (χ2v) is 7.98. The third kappa shape index (κ3) is 3.23. The minimum Gasteiger partial charge on any atom is -0.354 e. The van der Waals surface area contributed by atoms with Crippen molar-refractivity contribution in [2.75, 3.05) is 0 Å². The van der Waals surface area contributed by atoms with Gasteiger partial charge in [-0.3, -0.25) is 20.2 Å². The predicted octanol–water partition coefficient (Wildman–Crippen LogP) is 2.61. The first-order valence-corrected chi connectivity index (χ1v) is 9.73. The van der Waals surface area contributed by atoms with E-state index in [1.165, 1.54) is 0 Å². The largest absolute Gasteiger partial charge is 0.354 e. The molecule has 1 spiro atoms. The minimum atomic E-state index is -1.79. The van der Waals surface area contributed by atoms with E-state index in [9.17, 15) is 14.4 Å². The SMILES string of the molecule is O=C1NC(=O)C2(C(=O)N1)[C@H](c1cccc(Cl)c1)NC(=S)N[C@H]2c1cccc(Cl)c1. The standard InChI is InChI=1S/C19H14Cl2N4O3S/c20-11-5-1-3-9(7-11)13-19(15(26)24-17(28)25-16(19)27)14(23-18(29)22-13)10-4-2-6-12(21)8-10/h1-8,13-14H,(H2,22,23,29)(H2,24,25,26,27,28)/t13-,14-/m0/s1. The van der Waals surface area contributed by atoms with Crippen molar-refractivity contribution < 1.29 is 14.4 Å². The Morgan fingerprint density at radius 1 is 0.793 bits per heavy atom. The number of hydrogen-bond acceptors (Lipinski definition) is 4. The molecule has 4 amide bonds. The summed E-state index contributed by atoms with van der Waals surface area (Å²) in [6.07, 6.45) is 0. The highest BCUT2D eigenvalue weighted by Crippen LogP contribution is 2.48. The normalized spacial score (nSPS) is 23.1. The molecule has 4 N–H and O–H groups in total. The third-order valence-electron chi connectivity index (χ3n) is 5.03. The molecule has 29 heavy (non-hydrogen) atoms. The van der Waals surface area contributed by atoms with Gasteiger partial charge in [0.15, 0.2) is 10.5 Å². The average molecular weight is 449 g/mol. The molecule has 4 rings (SSSR count). The topological polar surface area (TPSA) is 99.3 Å². The van der Waals surface area contributed by atoms with Gasteiger partial charge in [-0.2, -0.15) is 0 Å². The van der Waals surface area contributed by atoms with Gasteiger partial charge in [0, 0.05) is 10.0 Å². The molecular formula is C19H14Cl2N4O3S. The zero-order chi connectivity index (χ0) is 20.8. The highest BCUT2D eigenvalue weighted by molar-refractivity contribution is 7.80. The summed E-state index contributed by atoms with van der Waals surface area (Å²) in [6.45, 7) is 0. The average Bonchev–Trinajstić information content (AvgIpc) is 2.66. The van der Waals surface area contributed by atoms with Crippen molar-refractivity contribution in [3.63, 3.8) is 0 Å². The quantitative estimate of drug-likeness (QED) is 0.416. The number of thiocarbonyl (C=S) groups is 1. The number of benzene rings is 2. The Morgan fingerprint density at radius 2 is 1.24 bits per heavy atom. The number of imide groups is 2. The lowest BCUT2D eigenvalue weighted by Crippen LogP contribution is -2.73. The van der Waals surface area contributed by atoms with Crippen molar-refractivity contribution in [3.05, 3.63) is 69.7 Å². The first-order chi connectivity index (χ1) is 13.8. The summed E-state index contributed by atoms with van der Waals surface area (Å²) in [6, 6.07) is 10.8. The van der Waals surface area contributed by atoms with Crippen molar-refractivity contribution in [2.24, 2.45) is 5.41 Å². The number of urea groups is 1. The maximum atomic E-state index is 13.3. The summed E-state index contributed by atoms with van der Waals surface area (Å²) in [7, 11) is 0. The lowest BCUT2D eigenvalue weighted by molar-refractivity contribution is -0.149. The molecule has 0 aliphatic carbocycles. The van der Waals surface area contributed by atoms with E-state index >= 15 is 0 Å². The van der Waals surface area contributed by atoms with Crippen LogP contribution in [-0.2, 0) is 9.59 Å². The molecule has 2 aliphatic heterocycles. The number of carbonyl (C=O) groups excluding carboxylic acids is 3. The molecule has 148 valence electrons. The predicted molar refractivity (Wildman–Crippen MR) is 111 cm³/mol. The van der Waals surface area contributed by atoms with Crippen molar-refractivity contribution >= 4 is 58.4 Å². The van der Waals surface area contributed by atoms with E-state index in [2.05, 4.69) is 21.3 Å². The molecule has 0 unspecified atom stereocenters. The van der Waals surface area contributed by atoms with E-state index < -0.39 is 35.3 Å². The van der Waals surface area contributed by atoms with Gasteiger partial charge in [0.1, 0.15) is 0 Å². The van der Waals surface area contributed by atoms with Gasteiger partial charge in [-0.05, 0) is 47.6 Å². The molecule has 10 heteroatoms. The van der Waals surface area contributed by atoms with E-state index in [4.69, 9.17) is 35.4 Å². The van der Waals surface area contributed by atoms with Gasteiger partial charge in [-0.25, -0.2) is 4.79 Å². The van der Waals surface area contributed by atoms with Gasteiger partial charge in [-0.1, -0.05) is 47.5 Å². The number of rotatable bonds is 2. The fourth-order valence-corrected chi connectivity index (χ4v) is 4.47. The molecule has 2 aromatic carbocycles. The van der Waals surface area contributed by atoms with Gasteiger partial charge in [0.2, 0.25) is 11.8 Å². The highest BCUT2D eigenvalue weighted by atomic mass is 35.5. The summed E-state index contributed by atoms with van der Waals surface area (Å²) < 4.78 is 0. The summed E-state index contributed by atoms with van der Waals surface area (Å²) in [5, 5.41) is 11.5. The van der Waals surface area contributed by atoms with E-state index in [0.29, 0.717) is 21.2 Å². The van der Waals surface area contributed by atoms with Crippen LogP contribution < -0.4 is 21.3 Å². The molecule has 0 bridgehead atoms. The van der Waals surface area contributed by atoms with Crippen LogP contribution in [0.4, 0.5) is 4.79 Å². The molecule has 0 saturated carbocycles. The van der Waals surface area contributed by atoms with Crippen LogP contribution in [0.5, 0.6) is 0 Å². The van der Waals surface area contributed by atoms with Crippen LogP contribution in [0.25, 0.3) is 0 Å². The van der Waals surface area contributed by atoms with Crippen molar-refractivity contribution in [1.82, 2.24) is 21.3 Å². The Morgan fingerprint density at radius 3 is 1.66 bits per heavy atom. The summed E-state index contributed by atoms with van der Waals surface area (Å²) in [4.78, 5) is 38.3. The second-order valence-electron chi connectivity index (χ2n) is 6.70. The summed E-state index contributed by atoms with van der Waals surface area (Å²) in [5.74, 6) is -1.52. The minimum absolute atomic E-state index is 0.239. The van der Waals surface area contributed by atoms with Crippen LogP contribution >= 0.6 is 35.4 Å². The lowest BCUT2D eigenvalue weighted by atomic mass is 9.65. The van der Waals surface area contributed by atoms with Gasteiger partial charge in [0.05, 0.1) is 12.1 Å². The summed E-state index contributed by atoms with van der Waals surface area (Å²) in [5.41, 5.74) is -0.660. The Balaban J connectivity index is 1.96. The first kappa shape index (κ1) is 19.6. The van der Waals surface area contributed by atoms with Crippen molar-refractivity contribution in [1.29, 1.82) is 0 Å². The molecule has 2 aliphatic rings. The number of hydrogen-bond donors (Lipinski definition) is 4. The molecule has 2 aromatic rings. The highest BCUT2D eigenvalue weighted by Gasteiger charge is 2.63. The zero-order valence-electron chi connectivity index (χ0n) is 14.7. The Kier molecular flexibility index (Phi) is 4.94. The van der Waals surface area contributed by atoms with Crippen LogP contribution in [0.3, 0.4) is 0 Å². The molecule has 0 aromatic heterocycles. The van der Waals surface area contributed by atoms with Crippen LogP contribution in [0.1, 0.15) is 23.2 Å². The number of amides is 4. The molecule has 2 fully saturated rings. The number of carbonyl (C=O) groups is 3. The van der Waals surface area contributed by atoms with Crippen LogP contribution in [0.15, 0.2) is 48.5 Å². The Bertz CT molecular complexity index is 982. The summed E-state index contributed by atoms with van der Waals surface area (Å²) >= 11 is 17.7. The number of barbiturate groups is 1. The van der Waals surface area contributed by atoms with Crippen LogP contribution in [0.2, 0.25) is 10.0 Å². The Hall–Kier alpha value is -2.68. The van der Waals surface area contributed by atoms with E-state index in [-0.39, 0.29) is 5.11 Å². The van der Waals surface area contributed by atoms with Gasteiger partial charge < -0.3 is 10.6 Å². The maximum absolute atomic E-state index is 13.3. The lowest BCUT2D eigenvalue weighted by Gasteiger charge is -2.49. The monoisotopic (exact) mass is 448 g/mol. The van der Waals surface area contributed by atoms with E-state index in [0.717, 1.165) is 0 Å². The van der Waals surface area contributed by atoms with Crippen LogP contribution in [0, 0.1) is 5.41 Å². The second kappa shape index (κ2) is 7.29. The number of nitrogens with one attached hydrogen (secondary N) is 4. The van der Waals surface area contributed by atoms with Gasteiger partial charge >= 0.3 is 6.03 Å². The smallest absolute Gasteiger partial charge is 0.328 e. The molecule has 2 heterocycles.